The Morgan fingerprint density at radius 1 is 1.11 bits per heavy atom. The van der Waals surface area contributed by atoms with E-state index >= 15 is 0 Å². The summed E-state index contributed by atoms with van der Waals surface area (Å²) in [4.78, 5) is 8.31. The zero-order chi connectivity index (χ0) is 13.5. The van der Waals surface area contributed by atoms with E-state index in [1.54, 1.807) is 7.11 Å². The molecule has 0 saturated carbocycles. The summed E-state index contributed by atoms with van der Waals surface area (Å²) in [6.07, 6.45) is 3.71. The standard InChI is InChI=1S/C14H25N3O/c1-10(2)6-15-7-11(3)12(4)13-8-16-14(18-5)17-9-13/h8-12,15H,6-7H2,1-5H3. The number of rotatable bonds is 7. The van der Waals surface area contributed by atoms with E-state index in [2.05, 4.69) is 43.0 Å². The molecule has 0 fully saturated rings. The van der Waals surface area contributed by atoms with Crippen LogP contribution in [0.1, 0.15) is 39.2 Å². The first-order valence-corrected chi connectivity index (χ1v) is 6.61. The molecule has 2 atom stereocenters. The molecule has 1 rings (SSSR count). The highest BCUT2D eigenvalue weighted by Crippen LogP contribution is 2.22. The summed E-state index contributed by atoms with van der Waals surface area (Å²) in [5.74, 6) is 1.69. The number of nitrogens with one attached hydrogen (secondary N) is 1. The molecule has 0 aliphatic carbocycles. The molecule has 102 valence electrons. The van der Waals surface area contributed by atoms with Crippen molar-refractivity contribution in [3.05, 3.63) is 18.0 Å². The average Bonchev–Trinajstić information content (AvgIpc) is 2.37. The molecular formula is C14H25N3O. The van der Waals surface area contributed by atoms with Crippen LogP contribution in [0.15, 0.2) is 12.4 Å². The van der Waals surface area contributed by atoms with Crippen molar-refractivity contribution in [2.24, 2.45) is 11.8 Å². The summed E-state index contributed by atoms with van der Waals surface area (Å²) in [5, 5.41) is 3.49. The van der Waals surface area contributed by atoms with Gasteiger partial charge in [0, 0.05) is 12.4 Å². The molecule has 0 aliphatic heterocycles. The van der Waals surface area contributed by atoms with Gasteiger partial charge in [0.2, 0.25) is 0 Å². The van der Waals surface area contributed by atoms with Gasteiger partial charge < -0.3 is 10.1 Å². The molecule has 0 radical (unpaired) electrons. The molecule has 2 unspecified atom stereocenters. The second-order valence-corrected chi connectivity index (χ2v) is 5.32. The predicted molar refractivity (Wildman–Crippen MR) is 73.9 cm³/mol. The first kappa shape index (κ1) is 14.9. The predicted octanol–water partition coefficient (Wildman–Crippen LogP) is 2.47. The quantitative estimate of drug-likeness (QED) is 0.808. The molecule has 18 heavy (non-hydrogen) atoms. The smallest absolute Gasteiger partial charge is 0.316 e. The Balaban J connectivity index is 2.48. The fraction of sp³-hybridized carbons (Fsp3) is 0.714. The number of hydrogen-bond donors (Lipinski definition) is 1. The van der Waals surface area contributed by atoms with Crippen molar-refractivity contribution in [2.45, 2.75) is 33.6 Å². The van der Waals surface area contributed by atoms with E-state index in [1.165, 1.54) is 0 Å². The Morgan fingerprint density at radius 3 is 2.22 bits per heavy atom. The van der Waals surface area contributed by atoms with Crippen molar-refractivity contribution in [1.82, 2.24) is 15.3 Å². The Bertz CT molecular complexity index is 337. The van der Waals surface area contributed by atoms with E-state index in [0.29, 0.717) is 23.8 Å². The third-order valence-electron chi connectivity index (χ3n) is 3.23. The van der Waals surface area contributed by atoms with E-state index < -0.39 is 0 Å². The van der Waals surface area contributed by atoms with E-state index in [0.717, 1.165) is 18.7 Å². The molecule has 1 aromatic heterocycles. The number of hydrogen-bond acceptors (Lipinski definition) is 4. The largest absolute Gasteiger partial charge is 0.467 e. The van der Waals surface area contributed by atoms with Crippen molar-refractivity contribution in [3.63, 3.8) is 0 Å². The van der Waals surface area contributed by atoms with Crippen LogP contribution in [0.4, 0.5) is 0 Å². The van der Waals surface area contributed by atoms with Gasteiger partial charge in [0.05, 0.1) is 7.11 Å². The minimum Gasteiger partial charge on any atom is -0.467 e. The maximum absolute atomic E-state index is 4.97. The zero-order valence-corrected chi connectivity index (χ0v) is 12.1. The van der Waals surface area contributed by atoms with Crippen LogP contribution in [0.5, 0.6) is 6.01 Å². The molecule has 0 aromatic carbocycles. The molecule has 1 aromatic rings. The van der Waals surface area contributed by atoms with Crippen LogP contribution in [-0.2, 0) is 0 Å². The second-order valence-electron chi connectivity index (χ2n) is 5.32. The number of aromatic nitrogens is 2. The molecular weight excluding hydrogens is 226 g/mol. The summed E-state index contributed by atoms with van der Waals surface area (Å²) in [5.41, 5.74) is 1.16. The van der Waals surface area contributed by atoms with Crippen LogP contribution in [0.3, 0.4) is 0 Å². The molecule has 4 heteroatoms. The highest BCUT2D eigenvalue weighted by molar-refractivity contribution is 5.13. The van der Waals surface area contributed by atoms with Gasteiger partial charge >= 0.3 is 6.01 Å². The van der Waals surface area contributed by atoms with E-state index in [4.69, 9.17) is 4.74 Å². The zero-order valence-electron chi connectivity index (χ0n) is 12.1. The second kappa shape index (κ2) is 7.31. The Labute approximate surface area is 110 Å². The van der Waals surface area contributed by atoms with Gasteiger partial charge in [0.25, 0.3) is 0 Å². The molecule has 0 aliphatic rings. The number of methoxy groups -OCH3 is 1. The lowest BCUT2D eigenvalue weighted by molar-refractivity contribution is 0.377. The average molecular weight is 251 g/mol. The van der Waals surface area contributed by atoms with Crippen LogP contribution < -0.4 is 10.1 Å². The van der Waals surface area contributed by atoms with Crippen LogP contribution >= 0.6 is 0 Å². The van der Waals surface area contributed by atoms with Gasteiger partial charge in [-0.1, -0.05) is 27.7 Å². The fourth-order valence-electron chi connectivity index (χ4n) is 1.77. The van der Waals surface area contributed by atoms with Crippen LogP contribution in [0.25, 0.3) is 0 Å². The van der Waals surface area contributed by atoms with Gasteiger partial charge in [-0.2, -0.15) is 0 Å². The summed E-state index contributed by atoms with van der Waals surface area (Å²) in [6.45, 7) is 11.0. The van der Waals surface area contributed by atoms with Crippen molar-refractivity contribution in [3.8, 4) is 6.01 Å². The lowest BCUT2D eigenvalue weighted by Gasteiger charge is -2.21. The normalized spacial score (nSPS) is 14.6. The van der Waals surface area contributed by atoms with Crippen LogP contribution in [0, 0.1) is 11.8 Å². The Kier molecular flexibility index (Phi) is 6.05. The topological polar surface area (TPSA) is 47.0 Å². The van der Waals surface area contributed by atoms with Gasteiger partial charge in [-0.3, -0.25) is 0 Å². The van der Waals surface area contributed by atoms with E-state index in [1.807, 2.05) is 12.4 Å². The summed E-state index contributed by atoms with van der Waals surface area (Å²) in [7, 11) is 1.58. The lowest BCUT2D eigenvalue weighted by Crippen LogP contribution is -2.27. The van der Waals surface area contributed by atoms with Crippen molar-refractivity contribution in [2.75, 3.05) is 20.2 Å². The van der Waals surface area contributed by atoms with Crippen molar-refractivity contribution in [1.29, 1.82) is 0 Å². The Hall–Kier alpha value is -1.16. The minimum atomic E-state index is 0.427. The Morgan fingerprint density at radius 2 is 1.72 bits per heavy atom. The third kappa shape index (κ3) is 4.61. The summed E-state index contributed by atoms with van der Waals surface area (Å²) in [6, 6.07) is 0.427. The van der Waals surface area contributed by atoms with Gasteiger partial charge in [0.1, 0.15) is 0 Å². The van der Waals surface area contributed by atoms with Crippen molar-refractivity contribution < 1.29 is 4.74 Å². The lowest BCUT2D eigenvalue weighted by atomic mass is 9.90. The monoisotopic (exact) mass is 251 g/mol. The van der Waals surface area contributed by atoms with Gasteiger partial charge in [-0.15, -0.1) is 0 Å². The van der Waals surface area contributed by atoms with Crippen LogP contribution in [0.2, 0.25) is 0 Å². The number of nitrogens with zero attached hydrogens (tertiary/aromatic N) is 2. The molecule has 0 saturated heterocycles. The first-order valence-electron chi connectivity index (χ1n) is 6.61. The summed E-state index contributed by atoms with van der Waals surface area (Å²) < 4.78 is 4.97. The van der Waals surface area contributed by atoms with Gasteiger partial charge in [-0.25, -0.2) is 9.97 Å². The number of ether oxygens (including phenoxy) is 1. The first-order chi connectivity index (χ1) is 8.54. The molecule has 0 amide bonds. The highest BCUT2D eigenvalue weighted by atomic mass is 16.5. The maximum atomic E-state index is 4.97. The van der Waals surface area contributed by atoms with Gasteiger partial charge in [-0.05, 0) is 36.4 Å². The highest BCUT2D eigenvalue weighted by Gasteiger charge is 2.15. The maximum Gasteiger partial charge on any atom is 0.316 e. The molecule has 4 nitrogen and oxygen atoms in total. The molecule has 1 N–H and O–H groups in total. The van der Waals surface area contributed by atoms with E-state index in [-0.39, 0.29) is 0 Å². The molecule has 1 heterocycles. The van der Waals surface area contributed by atoms with Gasteiger partial charge in [0.15, 0.2) is 0 Å². The SMILES string of the molecule is COc1ncc(C(C)C(C)CNCC(C)C)cn1. The molecule has 0 spiro atoms. The van der Waals surface area contributed by atoms with Crippen molar-refractivity contribution >= 4 is 0 Å². The van der Waals surface area contributed by atoms with E-state index in [9.17, 15) is 0 Å². The van der Waals surface area contributed by atoms with Crippen LogP contribution in [-0.4, -0.2) is 30.2 Å². The third-order valence-corrected chi connectivity index (χ3v) is 3.23. The molecule has 0 bridgehead atoms. The fourth-order valence-corrected chi connectivity index (χ4v) is 1.77. The minimum absolute atomic E-state index is 0.427. The summed E-state index contributed by atoms with van der Waals surface area (Å²) >= 11 is 0.